The van der Waals surface area contributed by atoms with Gasteiger partial charge in [0, 0.05) is 32.1 Å². The van der Waals surface area contributed by atoms with Crippen LogP contribution in [-0.2, 0) is 4.74 Å². The van der Waals surface area contributed by atoms with Crippen LogP contribution in [0.15, 0.2) is 0 Å². The molecule has 0 bridgehead atoms. The molecule has 0 saturated carbocycles. The number of ether oxygens (including phenoxy) is 1. The Morgan fingerprint density at radius 3 is 2.11 bits per heavy atom. The number of rotatable bonds is 3. The molecule has 3 nitrogen and oxygen atoms in total. The van der Waals surface area contributed by atoms with Crippen LogP contribution in [0.25, 0.3) is 0 Å². The molecule has 1 fully saturated rings. The van der Waals surface area contributed by atoms with E-state index in [0.717, 1.165) is 39.5 Å². The second-order valence-corrected chi connectivity index (χ2v) is 6.26. The summed E-state index contributed by atoms with van der Waals surface area (Å²) in [5.74, 6) is 6.95. The Labute approximate surface area is 112 Å². The van der Waals surface area contributed by atoms with Crippen molar-refractivity contribution >= 4 is 0 Å². The van der Waals surface area contributed by atoms with Gasteiger partial charge in [-0.1, -0.05) is 25.7 Å². The summed E-state index contributed by atoms with van der Waals surface area (Å²) >= 11 is 0. The summed E-state index contributed by atoms with van der Waals surface area (Å²) in [5, 5.41) is 0. The molecule has 18 heavy (non-hydrogen) atoms. The molecule has 0 spiro atoms. The van der Waals surface area contributed by atoms with Crippen LogP contribution in [0.3, 0.4) is 0 Å². The predicted octanol–water partition coefficient (Wildman–Crippen LogP) is 2.04. The SMILES string of the molecule is CC(C)C#CCN1CCN(COC(C)(C)C)CC1. The van der Waals surface area contributed by atoms with Gasteiger partial charge in [0.1, 0.15) is 0 Å². The molecule has 0 aromatic rings. The van der Waals surface area contributed by atoms with Crippen molar-refractivity contribution in [2.75, 3.05) is 39.5 Å². The summed E-state index contributed by atoms with van der Waals surface area (Å²) in [7, 11) is 0. The van der Waals surface area contributed by atoms with E-state index in [1.54, 1.807) is 0 Å². The van der Waals surface area contributed by atoms with Gasteiger partial charge in [-0.2, -0.15) is 0 Å². The van der Waals surface area contributed by atoms with Gasteiger partial charge in [-0.3, -0.25) is 9.80 Å². The fourth-order valence-corrected chi connectivity index (χ4v) is 1.72. The molecule has 0 aliphatic carbocycles. The van der Waals surface area contributed by atoms with Crippen molar-refractivity contribution < 1.29 is 4.74 Å². The summed E-state index contributed by atoms with van der Waals surface area (Å²) in [4.78, 5) is 4.79. The van der Waals surface area contributed by atoms with Crippen molar-refractivity contribution in [3.63, 3.8) is 0 Å². The minimum absolute atomic E-state index is 0.0418. The Balaban J connectivity index is 2.19. The molecular formula is C15H28N2O. The Hall–Kier alpha value is -0.560. The zero-order valence-electron chi connectivity index (χ0n) is 12.6. The lowest BCUT2D eigenvalue weighted by Crippen LogP contribution is -2.47. The van der Waals surface area contributed by atoms with E-state index in [1.165, 1.54) is 0 Å². The zero-order valence-corrected chi connectivity index (χ0v) is 12.6. The molecule has 104 valence electrons. The molecule has 0 aromatic carbocycles. The molecule has 1 aliphatic rings. The first kappa shape index (κ1) is 15.5. The van der Waals surface area contributed by atoms with E-state index in [4.69, 9.17) is 4.74 Å². The molecule has 0 N–H and O–H groups in total. The normalized spacial score (nSPS) is 18.8. The molecule has 1 heterocycles. The van der Waals surface area contributed by atoms with Crippen LogP contribution in [0.4, 0.5) is 0 Å². The summed E-state index contributed by atoms with van der Waals surface area (Å²) < 4.78 is 5.80. The molecule has 1 rings (SSSR count). The van der Waals surface area contributed by atoms with Gasteiger partial charge in [-0.25, -0.2) is 0 Å². The predicted molar refractivity (Wildman–Crippen MR) is 76.3 cm³/mol. The number of nitrogens with zero attached hydrogens (tertiary/aromatic N) is 2. The molecule has 1 saturated heterocycles. The third-order valence-electron chi connectivity index (χ3n) is 2.84. The number of piperazine rings is 1. The lowest BCUT2D eigenvalue weighted by molar-refractivity contribution is -0.0731. The lowest BCUT2D eigenvalue weighted by Gasteiger charge is -2.35. The minimum Gasteiger partial charge on any atom is -0.360 e. The molecule has 0 amide bonds. The molecule has 0 atom stereocenters. The third-order valence-corrected chi connectivity index (χ3v) is 2.84. The molecule has 0 radical (unpaired) electrons. The minimum atomic E-state index is -0.0418. The average Bonchev–Trinajstić information content (AvgIpc) is 2.26. The smallest absolute Gasteiger partial charge is 0.0998 e. The van der Waals surface area contributed by atoms with Crippen LogP contribution in [-0.4, -0.2) is 54.9 Å². The van der Waals surface area contributed by atoms with Crippen LogP contribution in [0.2, 0.25) is 0 Å². The highest BCUT2D eigenvalue weighted by molar-refractivity contribution is 5.03. The van der Waals surface area contributed by atoms with Crippen LogP contribution >= 0.6 is 0 Å². The first-order valence-corrected chi connectivity index (χ1v) is 6.94. The summed E-state index contributed by atoms with van der Waals surface area (Å²) in [6.45, 7) is 16.6. The highest BCUT2D eigenvalue weighted by Gasteiger charge is 2.18. The molecule has 1 aliphatic heterocycles. The van der Waals surface area contributed by atoms with Gasteiger partial charge in [-0.15, -0.1) is 0 Å². The fourth-order valence-electron chi connectivity index (χ4n) is 1.72. The monoisotopic (exact) mass is 252 g/mol. The van der Waals surface area contributed by atoms with Gasteiger partial charge < -0.3 is 4.74 Å². The Bertz CT molecular complexity index is 288. The van der Waals surface area contributed by atoms with Crippen molar-refractivity contribution in [3.8, 4) is 11.8 Å². The van der Waals surface area contributed by atoms with Gasteiger partial charge in [0.15, 0.2) is 0 Å². The number of hydrogen-bond donors (Lipinski definition) is 0. The first-order chi connectivity index (χ1) is 8.37. The maximum Gasteiger partial charge on any atom is 0.0998 e. The second-order valence-electron chi connectivity index (χ2n) is 6.26. The molecular weight excluding hydrogens is 224 g/mol. The summed E-state index contributed by atoms with van der Waals surface area (Å²) in [6.07, 6.45) is 0. The van der Waals surface area contributed by atoms with E-state index in [9.17, 15) is 0 Å². The Morgan fingerprint density at radius 2 is 1.61 bits per heavy atom. The Kier molecular flexibility index (Phi) is 6.14. The van der Waals surface area contributed by atoms with E-state index in [0.29, 0.717) is 5.92 Å². The maximum atomic E-state index is 5.80. The fraction of sp³-hybridized carbons (Fsp3) is 0.867. The quantitative estimate of drug-likeness (QED) is 0.715. The van der Waals surface area contributed by atoms with E-state index >= 15 is 0 Å². The third kappa shape index (κ3) is 7.00. The van der Waals surface area contributed by atoms with Crippen molar-refractivity contribution in [1.82, 2.24) is 9.80 Å². The van der Waals surface area contributed by atoms with E-state index < -0.39 is 0 Å². The van der Waals surface area contributed by atoms with Crippen molar-refractivity contribution in [3.05, 3.63) is 0 Å². The topological polar surface area (TPSA) is 15.7 Å². The van der Waals surface area contributed by atoms with Crippen molar-refractivity contribution in [2.45, 2.75) is 40.2 Å². The van der Waals surface area contributed by atoms with Gasteiger partial charge in [0.2, 0.25) is 0 Å². The van der Waals surface area contributed by atoms with Crippen LogP contribution in [0.1, 0.15) is 34.6 Å². The van der Waals surface area contributed by atoms with Gasteiger partial charge in [0.25, 0.3) is 0 Å². The van der Waals surface area contributed by atoms with Crippen molar-refractivity contribution in [1.29, 1.82) is 0 Å². The molecule has 3 heteroatoms. The Morgan fingerprint density at radius 1 is 1.06 bits per heavy atom. The van der Waals surface area contributed by atoms with Gasteiger partial charge in [-0.05, 0) is 20.8 Å². The van der Waals surface area contributed by atoms with Crippen LogP contribution in [0.5, 0.6) is 0 Å². The van der Waals surface area contributed by atoms with E-state index in [1.807, 2.05) is 0 Å². The summed E-state index contributed by atoms with van der Waals surface area (Å²) in [5.41, 5.74) is -0.0418. The lowest BCUT2D eigenvalue weighted by atomic mass is 10.2. The van der Waals surface area contributed by atoms with E-state index in [-0.39, 0.29) is 5.60 Å². The van der Waals surface area contributed by atoms with Gasteiger partial charge >= 0.3 is 0 Å². The summed E-state index contributed by atoms with van der Waals surface area (Å²) in [6, 6.07) is 0. The standard InChI is InChI=1S/C15H28N2O/c1-14(2)7-6-8-16-9-11-17(12-10-16)13-18-15(3,4)5/h14H,8-13H2,1-5H3. The average molecular weight is 252 g/mol. The van der Waals surface area contributed by atoms with Crippen LogP contribution in [0, 0.1) is 17.8 Å². The molecule has 0 unspecified atom stereocenters. The largest absolute Gasteiger partial charge is 0.360 e. The highest BCUT2D eigenvalue weighted by Crippen LogP contribution is 2.09. The highest BCUT2D eigenvalue weighted by atomic mass is 16.5. The van der Waals surface area contributed by atoms with E-state index in [2.05, 4.69) is 56.3 Å². The van der Waals surface area contributed by atoms with Gasteiger partial charge in [0.05, 0.1) is 18.9 Å². The zero-order chi connectivity index (χ0) is 13.6. The first-order valence-electron chi connectivity index (χ1n) is 6.94. The van der Waals surface area contributed by atoms with Crippen LogP contribution < -0.4 is 0 Å². The second kappa shape index (κ2) is 7.13. The van der Waals surface area contributed by atoms with Crippen molar-refractivity contribution in [2.24, 2.45) is 5.92 Å². The maximum absolute atomic E-state index is 5.80. The molecule has 0 aromatic heterocycles. The number of hydrogen-bond acceptors (Lipinski definition) is 3.